The minimum absolute atomic E-state index is 3.10. The molecule has 5 heteroatoms. The van der Waals surface area contributed by atoms with E-state index >= 15 is 0 Å². The zero-order chi connectivity index (χ0) is 5.91. The molecule has 0 heterocycles. The van der Waals surface area contributed by atoms with Crippen LogP contribution in [-0.4, -0.2) is 29.7 Å². The van der Waals surface area contributed by atoms with Crippen LogP contribution in [0.1, 0.15) is 0 Å². The van der Waals surface area contributed by atoms with Crippen LogP contribution in [0.4, 0.5) is 0 Å². The molecule has 0 amide bonds. The minimum atomic E-state index is -4.86. The van der Waals surface area contributed by atoms with E-state index in [1.54, 1.807) is 0 Å². The average Bonchev–Trinajstić information content (AvgIpc) is 1.68. The SMILES string of the molecule is [2H]O[As](=O)(O)O[2H]. The molecule has 0 rings (SSSR count). The van der Waals surface area contributed by atoms with Crippen molar-refractivity contribution in [1.29, 1.82) is 2.86 Å². The molecule has 0 unspecified atom stereocenters. The van der Waals surface area contributed by atoms with Crippen molar-refractivity contribution in [2.24, 2.45) is 0 Å². The molecule has 0 aromatic heterocycles. The Hall–Kier alpha value is 0.238. The van der Waals surface area contributed by atoms with Crippen LogP contribution in [0, 0.1) is 0 Å². The fourth-order valence-corrected chi connectivity index (χ4v) is 0. The first-order chi connectivity index (χ1) is 3.12. The van der Waals surface area contributed by atoms with Crippen molar-refractivity contribution in [3.05, 3.63) is 0 Å². The predicted octanol–water partition coefficient (Wildman–Crippen LogP) is -2.17. The molecular formula is H3AsO4. The summed E-state index contributed by atoms with van der Waals surface area (Å²) in [5.74, 6) is 0. The molecular weight excluding hydrogens is 139 g/mol. The van der Waals surface area contributed by atoms with Gasteiger partial charge < -0.3 is 0 Å². The van der Waals surface area contributed by atoms with E-state index in [2.05, 4.69) is 8.20 Å². The van der Waals surface area contributed by atoms with Crippen LogP contribution in [0.25, 0.3) is 0 Å². The number of rotatable bonds is 2. The zero-order valence-corrected chi connectivity index (χ0v) is 4.00. The Kier molecular flexibility index (Phi) is 0.552. The summed E-state index contributed by atoms with van der Waals surface area (Å²) in [4.78, 5) is 0. The molecule has 32 valence electrons. The third-order valence-electron chi connectivity index (χ3n) is 0. The van der Waals surface area contributed by atoms with Gasteiger partial charge in [0.05, 0.1) is 0 Å². The monoisotopic (exact) mass is 144 g/mol. The fourth-order valence-electron chi connectivity index (χ4n) is 0. The van der Waals surface area contributed by atoms with Gasteiger partial charge in [0, 0.05) is 0 Å². The van der Waals surface area contributed by atoms with E-state index in [1.807, 2.05) is 0 Å². The predicted molar refractivity (Wildman–Crippen MR) is 13.1 cm³/mol. The maximum absolute atomic E-state index is 9.75. The Morgan fingerprint density at radius 2 is 2.20 bits per heavy atom. The molecule has 0 saturated carbocycles. The van der Waals surface area contributed by atoms with E-state index in [9.17, 15) is 3.74 Å². The third-order valence-corrected chi connectivity index (χ3v) is 0. The van der Waals surface area contributed by atoms with Crippen molar-refractivity contribution in [1.82, 2.24) is 0 Å². The van der Waals surface area contributed by atoms with Gasteiger partial charge in [-0.3, -0.25) is 0 Å². The molecule has 0 radical (unpaired) electrons. The normalized spacial score (nSPS) is 17.0. The topological polar surface area (TPSA) is 77.8 Å². The van der Waals surface area contributed by atoms with Gasteiger partial charge in [-0.1, -0.05) is 0 Å². The Morgan fingerprint density at radius 1 is 1.80 bits per heavy atom. The molecule has 5 heavy (non-hydrogen) atoms. The van der Waals surface area contributed by atoms with E-state index in [0.717, 1.165) is 0 Å². The summed E-state index contributed by atoms with van der Waals surface area (Å²) in [6.45, 7) is 0. The summed E-state index contributed by atoms with van der Waals surface area (Å²) in [7, 11) is 0. The Labute approximate surface area is 34.4 Å². The van der Waals surface area contributed by atoms with Gasteiger partial charge >= 0.3 is 33.4 Å². The van der Waals surface area contributed by atoms with Crippen LogP contribution in [0.2, 0.25) is 0 Å². The molecule has 0 aliphatic heterocycles. The summed E-state index contributed by atoms with van der Waals surface area (Å²) in [6, 6.07) is 0. The second-order valence-corrected chi connectivity index (χ2v) is 2.43. The molecule has 0 atom stereocenters. The second kappa shape index (κ2) is 1.14. The first-order valence-electron chi connectivity index (χ1n) is 1.56. The average molecular weight is 144 g/mol. The van der Waals surface area contributed by atoms with Crippen LogP contribution in [0.15, 0.2) is 0 Å². The maximum atomic E-state index is 9.75. The first-order valence-corrected chi connectivity index (χ1v) is 3.89. The summed E-state index contributed by atoms with van der Waals surface area (Å²) in [6.07, 6.45) is 0. The summed E-state index contributed by atoms with van der Waals surface area (Å²) in [5.41, 5.74) is 0. The molecule has 0 fully saturated rings. The van der Waals surface area contributed by atoms with Gasteiger partial charge in [-0.15, -0.1) is 0 Å². The van der Waals surface area contributed by atoms with Gasteiger partial charge in [0.25, 0.3) is 0 Å². The molecule has 4 nitrogen and oxygen atoms in total. The van der Waals surface area contributed by atoms with E-state index < -0.39 is 14.5 Å². The van der Waals surface area contributed by atoms with E-state index in [0.29, 0.717) is 0 Å². The quantitative estimate of drug-likeness (QED) is 0.385. The Bertz CT molecular complexity index is 81.7. The van der Waals surface area contributed by atoms with E-state index in [1.165, 1.54) is 0 Å². The van der Waals surface area contributed by atoms with Gasteiger partial charge in [-0.2, -0.15) is 0 Å². The van der Waals surface area contributed by atoms with Crippen LogP contribution in [0.3, 0.4) is 0 Å². The van der Waals surface area contributed by atoms with E-state index in [4.69, 9.17) is 6.96 Å². The molecule has 3 N–H and O–H groups in total. The number of hydrogen-bond donors (Lipinski definition) is 3. The van der Waals surface area contributed by atoms with Crippen molar-refractivity contribution >= 4 is 14.5 Å². The molecule has 0 saturated heterocycles. The van der Waals surface area contributed by atoms with Gasteiger partial charge in [-0.25, -0.2) is 0 Å². The third kappa shape index (κ3) is 374. The van der Waals surface area contributed by atoms with E-state index in [-0.39, 0.29) is 0 Å². The summed E-state index contributed by atoms with van der Waals surface area (Å²) in [5, 5.41) is 0. The van der Waals surface area contributed by atoms with Crippen molar-refractivity contribution < 1.29 is 16.0 Å². The van der Waals surface area contributed by atoms with Gasteiger partial charge in [0.2, 0.25) is 0 Å². The standard InChI is InChI=1S/AsH3O4/c2-1(3,4)5/h(H3,2,3,4,5)/i/hD2. The number of hydrogen-bond acceptors (Lipinski definition) is 3. The second-order valence-electron chi connectivity index (χ2n) is 0.469. The Morgan fingerprint density at radius 3 is 2.20 bits per heavy atom. The van der Waals surface area contributed by atoms with Crippen molar-refractivity contribution in [2.45, 2.75) is 0 Å². The van der Waals surface area contributed by atoms with Crippen molar-refractivity contribution in [3.63, 3.8) is 0 Å². The van der Waals surface area contributed by atoms with Crippen LogP contribution in [0.5, 0.6) is 0 Å². The van der Waals surface area contributed by atoms with Crippen LogP contribution >= 0.6 is 0 Å². The molecule has 0 bridgehead atoms. The summed E-state index contributed by atoms with van der Waals surface area (Å²) >= 11 is -4.86. The first kappa shape index (κ1) is 2.42. The van der Waals surface area contributed by atoms with Crippen molar-refractivity contribution in [2.75, 3.05) is 0 Å². The molecule has 0 aliphatic rings. The van der Waals surface area contributed by atoms with Crippen LogP contribution in [-0.2, 0) is 3.74 Å². The van der Waals surface area contributed by atoms with Gasteiger partial charge in [-0.05, 0) is 0 Å². The Balaban J connectivity index is 3.61. The zero-order valence-electron chi connectivity index (χ0n) is 4.12. The molecule has 0 aromatic carbocycles. The van der Waals surface area contributed by atoms with Crippen molar-refractivity contribution in [3.8, 4) is 0 Å². The van der Waals surface area contributed by atoms with Gasteiger partial charge in [0.1, 0.15) is 0 Å². The van der Waals surface area contributed by atoms with Crippen LogP contribution < -0.4 is 0 Å². The molecule has 0 spiro atoms. The molecule has 0 aliphatic carbocycles. The summed E-state index contributed by atoms with van der Waals surface area (Å²) < 4.78 is 35.4. The van der Waals surface area contributed by atoms with Gasteiger partial charge in [0.15, 0.2) is 0 Å². The molecule has 0 aromatic rings. The fraction of sp³-hybridized carbons (Fsp3) is 0.